The highest BCUT2D eigenvalue weighted by Gasteiger charge is 2.27. The molecule has 0 aliphatic carbocycles. The fraction of sp³-hybridized carbons (Fsp3) is 0.778. The molecular weight excluding hydrogens is 237 g/mol. The highest BCUT2D eigenvalue weighted by molar-refractivity contribution is 5.32. The fourth-order valence-corrected chi connectivity index (χ4v) is 1.36. The Labute approximate surface area is 96.7 Å². The lowest BCUT2D eigenvalue weighted by atomic mass is 10.2. The summed E-state index contributed by atoms with van der Waals surface area (Å²) in [5, 5.41) is 7.42. The Morgan fingerprint density at radius 1 is 1.41 bits per heavy atom. The van der Waals surface area contributed by atoms with Gasteiger partial charge in [-0.05, 0) is 6.42 Å². The van der Waals surface area contributed by atoms with Gasteiger partial charge in [-0.25, -0.2) is 4.68 Å². The number of anilines is 1. The van der Waals surface area contributed by atoms with Crippen LogP contribution in [0.1, 0.15) is 19.0 Å². The molecule has 2 N–H and O–H groups in total. The zero-order valence-electron chi connectivity index (χ0n) is 9.50. The van der Waals surface area contributed by atoms with Crippen molar-refractivity contribution in [3.05, 3.63) is 5.69 Å². The molecule has 0 saturated heterocycles. The summed E-state index contributed by atoms with van der Waals surface area (Å²) >= 11 is 0. The van der Waals surface area contributed by atoms with Gasteiger partial charge in [0.15, 0.2) is 5.82 Å². The summed E-state index contributed by atoms with van der Waals surface area (Å²) in [5.41, 5.74) is 6.32. The molecule has 5 nitrogen and oxygen atoms in total. The van der Waals surface area contributed by atoms with Gasteiger partial charge >= 0.3 is 6.18 Å². The maximum atomic E-state index is 11.8. The topological polar surface area (TPSA) is 66.0 Å². The molecule has 0 unspecified atom stereocenters. The van der Waals surface area contributed by atoms with E-state index in [0.717, 1.165) is 12.1 Å². The molecule has 0 spiro atoms. The second kappa shape index (κ2) is 5.85. The Morgan fingerprint density at radius 2 is 2.12 bits per heavy atom. The molecule has 1 aromatic rings. The predicted octanol–water partition coefficient (Wildman–Crippen LogP) is 1.39. The number of rotatable bonds is 6. The van der Waals surface area contributed by atoms with E-state index in [1.54, 1.807) is 0 Å². The first-order valence-electron chi connectivity index (χ1n) is 5.26. The number of halogens is 3. The second-order valence-corrected chi connectivity index (χ2v) is 3.56. The maximum absolute atomic E-state index is 11.8. The van der Waals surface area contributed by atoms with Crippen molar-refractivity contribution in [2.75, 3.05) is 18.9 Å². The van der Waals surface area contributed by atoms with Gasteiger partial charge in [-0.15, -0.1) is 5.10 Å². The first kappa shape index (κ1) is 13.8. The van der Waals surface area contributed by atoms with Crippen molar-refractivity contribution in [1.29, 1.82) is 0 Å². The summed E-state index contributed by atoms with van der Waals surface area (Å²) in [6, 6.07) is 0. The number of hydrogen-bond acceptors (Lipinski definition) is 4. The van der Waals surface area contributed by atoms with Crippen LogP contribution in [0.3, 0.4) is 0 Å². The number of hydrogen-bond donors (Lipinski definition) is 1. The number of aromatic nitrogens is 3. The molecule has 0 saturated carbocycles. The van der Waals surface area contributed by atoms with Crippen LogP contribution in [0.4, 0.5) is 19.0 Å². The Hall–Kier alpha value is -1.31. The van der Waals surface area contributed by atoms with Crippen LogP contribution in [0.5, 0.6) is 0 Å². The minimum absolute atomic E-state index is 0.0704. The van der Waals surface area contributed by atoms with Gasteiger partial charge in [-0.3, -0.25) is 0 Å². The highest BCUT2D eigenvalue weighted by Crippen LogP contribution is 2.14. The summed E-state index contributed by atoms with van der Waals surface area (Å²) in [5.74, 6) is 0.322. The van der Waals surface area contributed by atoms with Crippen molar-refractivity contribution in [2.45, 2.75) is 32.5 Å². The van der Waals surface area contributed by atoms with Crippen LogP contribution in [0.25, 0.3) is 0 Å². The molecule has 0 aliphatic heterocycles. The van der Waals surface area contributed by atoms with Crippen molar-refractivity contribution in [3.8, 4) is 0 Å². The molecule has 1 aromatic heterocycles. The van der Waals surface area contributed by atoms with Gasteiger partial charge in [0.25, 0.3) is 0 Å². The maximum Gasteiger partial charge on any atom is 0.411 e. The normalized spacial score (nSPS) is 12.0. The third-order valence-electron chi connectivity index (χ3n) is 2.07. The monoisotopic (exact) mass is 252 g/mol. The minimum atomic E-state index is -4.30. The first-order chi connectivity index (χ1) is 7.94. The first-order valence-corrected chi connectivity index (χ1v) is 5.26. The van der Waals surface area contributed by atoms with Gasteiger partial charge in [0.1, 0.15) is 6.61 Å². The molecule has 0 aromatic carbocycles. The van der Waals surface area contributed by atoms with Crippen LogP contribution in [-0.2, 0) is 17.7 Å². The summed E-state index contributed by atoms with van der Waals surface area (Å²) in [4.78, 5) is 0. The number of ether oxygens (including phenoxy) is 1. The van der Waals surface area contributed by atoms with Crippen LogP contribution in [0.15, 0.2) is 0 Å². The number of alkyl halides is 3. The van der Waals surface area contributed by atoms with Crippen LogP contribution < -0.4 is 5.73 Å². The number of nitrogens with two attached hydrogens (primary N) is 1. The van der Waals surface area contributed by atoms with E-state index < -0.39 is 12.8 Å². The zero-order chi connectivity index (χ0) is 12.9. The van der Waals surface area contributed by atoms with E-state index in [1.807, 2.05) is 6.92 Å². The van der Waals surface area contributed by atoms with E-state index >= 15 is 0 Å². The summed E-state index contributed by atoms with van der Waals surface area (Å²) in [7, 11) is 0. The lowest BCUT2D eigenvalue weighted by Gasteiger charge is -2.08. The van der Waals surface area contributed by atoms with Gasteiger partial charge in [-0.2, -0.15) is 13.2 Å². The smallest absolute Gasteiger partial charge is 0.381 e. The van der Waals surface area contributed by atoms with Crippen molar-refractivity contribution < 1.29 is 17.9 Å². The van der Waals surface area contributed by atoms with E-state index in [1.165, 1.54) is 4.68 Å². The molecule has 0 fully saturated rings. The van der Waals surface area contributed by atoms with Crippen LogP contribution in [0.2, 0.25) is 0 Å². The minimum Gasteiger partial charge on any atom is -0.381 e. The predicted molar refractivity (Wildman–Crippen MR) is 55.3 cm³/mol. The van der Waals surface area contributed by atoms with Gasteiger partial charge in [0.05, 0.1) is 18.8 Å². The van der Waals surface area contributed by atoms with Crippen molar-refractivity contribution >= 4 is 5.82 Å². The molecule has 1 rings (SSSR count). The van der Waals surface area contributed by atoms with Gasteiger partial charge in [0, 0.05) is 0 Å². The molecular formula is C9H15F3N4O. The summed E-state index contributed by atoms with van der Waals surface area (Å²) < 4.78 is 41.4. The molecule has 0 atom stereocenters. The average Bonchev–Trinajstić information content (AvgIpc) is 2.55. The molecule has 0 amide bonds. The molecule has 8 heteroatoms. The summed E-state index contributed by atoms with van der Waals surface area (Å²) in [6.07, 6.45) is -2.74. The van der Waals surface area contributed by atoms with Crippen molar-refractivity contribution in [1.82, 2.24) is 15.0 Å². The van der Waals surface area contributed by atoms with Crippen LogP contribution >= 0.6 is 0 Å². The van der Waals surface area contributed by atoms with E-state index in [2.05, 4.69) is 15.0 Å². The quantitative estimate of drug-likeness (QED) is 0.777. The molecule has 0 radical (unpaired) electrons. The fourth-order valence-electron chi connectivity index (χ4n) is 1.36. The van der Waals surface area contributed by atoms with E-state index in [9.17, 15) is 13.2 Å². The van der Waals surface area contributed by atoms with Crippen molar-refractivity contribution in [2.24, 2.45) is 0 Å². The van der Waals surface area contributed by atoms with E-state index in [4.69, 9.17) is 5.73 Å². The lowest BCUT2D eigenvalue weighted by molar-refractivity contribution is -0.174. The van der Waals surface area contributed by atoms with Gasteiger partial charge in [0.2, 0.25) is 0 Å². The second-order valence-electron chi connectivity index (χ2n) is 3.56. The standard InChI is InChI=1S/C9H15F3N4O/c1-2-3-7-8(13)14-15-16(7)4-5-17-6-9(10,11)12/h2-6,13H2,1H3. The lowest BCUT2D eigenvalue weighted by Crippen LogP contribution is -2.19. The average molecular weight is 252 g/mol. The summed E-state index contributed by atoms with van der Waals surface area (Å²) in [6.45, 7) is 0.867. The third kappa shape index (κ3) is 4.59. The SMILES string of the molecule is CCCc1c(N)nnn1CCOCC(F)(F)F. The Balaban J connectivity index is 2.41. The number of nitrogens with zero attached hydrogens (tertiary/aromatic N) is 3. The molecule has 17 heavy (non-hydrogen) atoms. The highest BCUT2D eigenvalue weighted by atomic mass is 19.4. The van der Waals surface area contributed by atoms with Crippen LogP contribution in [-0.4, -0.2) is 34.4 Å². The Kier molecular flexibility index (Phi) is 4.73. The van der Waals surface area contributed by atoms with Crippen molar-refractivity contribution in [3.63, 3.8) is 0 Å². The Bertz CT molecular complexity index is 351. The van der Waals surface area contributed by atoms with E-state index in [0.29, 0.717) is 12.2 Å². The van der Waals surface area contributed by atoms with Crippen LogP contribution in [0, 0.1) is 0 Å². The Morgan fingerprint density at radius 3 is 2.71 bits per heavy atom. The molecule has 98 valence electrons. The molecule has 1 heterocycles. The number of nitrogen functional groups attached to an aromatic ring is 1. The third-order valence-corrected chi connectivity index (χ3v) is 2.07. The van der Waals surface area contributed by atoms with Gasteiger partial charge < -0.3 is 10.5 Å². The molecule has 0 bridgehead atoms. The van der Waals surface area contributed by atoms with Gasteiger partial charge in [-0.1, -0.05) is 18.6 Å². The molecule has 0 aliphatic rings. The van der Waals surface area contributed by atoms with E-state index in [-0.39, 0.29) is 13.2 Å². The largest absolute Gasteiger partial charge is 0.411 e. The zero-order valence-corrected chi connectivity index (χ0v) is 9.50.